The van der Waals surface area contributed by atoms with E-state index in [-0.39, 0.29) is 11.4 Å². The van der Waals surface area contributed by atoms with Crippen LogP contribution in [0.4, 0.5) is 4.39 Å². The molecule has 0 aromatic heterocycles. The minimum absolute atomic E-state index is 0.144. The fraction of sp³-hybridized carbons (Fsp3) is 0.562. The zero-order chi connectivity index (χ0) is 15.2. The van der Waals surface area contributed by atoms with Gasteiger partial charge in [-0.25, -0.2) is 4.39 Å². The molecule has 2 unspecified atom stereocenters. The Kier molecular flexibility index (Phi) is 5.56. The topological polar surface area (TPSA) is 70.6 Å². The molecule has 0 saturated heterocycles. The summed E-state index contributed by atoms with van der Waals surface area (Å²) in [6.07, 6.45) is 6.17. The molecule has 0 bridgehead atoms. The zero-order valence-electron chi connectivity index (χ0n) is 12.5. The SMILES string of the molecule is CC1CCCCCC1NCc1cccc(/C(N)=N/O)c1F. The van der Waals surface area contributed by atoms with E-state index < -0.39 is 5.82 Å². The molecule has 1 aliphatic rings. The second kappa shape index (κ2) is 7.41. The Labute approximate surface area is 125 Å². The van der Waals surface area contributed by atoms with Gasteiger partial charge in [0.05, 0.1) is 5.56 Å². The van der Waals surface area contributed by atoms with Crippen LogP contribution in [0.1, 0.15) is 50.2 Å². The van der Waals surface area contributed by atoms with Crippen molar-refractivity contribution in [2.75, 3.05) is 0 Å². The summed E-state index contributed by atoms with van der Waals surface area (Å²) in [6.45, 7) is 2.72. The van der Waals surface area contributed by atoms with Gasteiger partial charge in [0.15, 0.2) is 5.84 Å². The molecule has 2 rings (SSSR count). The van der Waals surface area contributed by atoms with Gasteiger partial charge < -0.3 is 16.3 Å². The van der Waals surface area contributed by atoms with Crippen molar-refractivity contribution in [2.24, 2.45) is 16.8 Å². The van der Waals surface area contributed by atoms with E-state index in [4.69, 9.17) is 10.9 Å². The van der Waals surface area contributed by atoms with Crippen LogP contribution >= 0.6 is 0 Å². The van der Waals surface area contributed by atoms with Crippen LogP contribution in [0.3, 0.4) is 0 Å². The summed E-state index contributed by atoms with van der Waals surface area (Å²) in [4.78, 5) is 0. The summed E-state index contributed by atoms with van der Waals surface area (Å²) in [5.74, 6) is 0.00146. The fourth-order valence-electron chi connectivity index (χ4n) is 3.01. The van der Waals surface area contributed by atoms with E-state index in [1.165, 1.54) is 31.7 Å². The molecule has 1 saturated carbocycles. The number of hydrogen-bond acceptors (Lipinski definition) is 3. The maximum atomic E-state index is 14.3. The standard InChI is InChI=1S/C16H24FN3O/c1-11-6-3-2-4-9-14(11)19-10-12-7-5-8-13(15(12)17)16(18)20-21/h5,7-8,11,14,19,21H,2-4,6,9-10H2,1H3,(H2,18,20). The van der Waals surface area contributed by atoms with Crippen LogP contribution in [-0.2, 0) is 6.54 Å². The van der Waals surface area contributed by atoms with Crippen LogP contribution < -0.4 is 11.1 Å². The minimum Gasteiger partial charge on any atom is -0.409 e. The average Bonchev–Trinajstić information content (AvgIpc) is 2.70. The summed E-state index contributed by atoms with van der Waals surface area (Å²) in [5.41, 5.74) is 6.18. The molecule has 1 aliphatic carbocycles. The van der Waals surface area contributed by atoms with Crippen LogP contribution in [0.15, 0.2) is 23.4 Å². The predicted molar refractivity (Wildman–Crippen MR) is 81.8 cm³/mol. The molecule has 0 amide bonds. The first kappa shape index (κ1) is 15.8. The highest BCUT2D eigenvalue weighted by Crippen LogP contribution is 2.23. The third-order valence-corrected chi connectivity index (χ3v) is 4.38. The van der Waals surface area contributed by atoms with Gasteiger partial charge in [0.25, 0.3) is 0 Å². The number of nitrogens with zero attached hydrogens (tertiary/aromatic N) is 1. The maximum absolute atomic E-state index is 14.3. The lowest BCUT2D eigenvalue weighted by Crippen LogP contribution is -2.34. The highest BCUT2D eigenvalue weighted by Gasteiger charge is 2.20. The van der Waals surface area contributed by atoms with Gasteiger partial charge in [0.1, 0.15) is 5.82 Å². The highest BCUT2D eigenvalue weighted by atomic mass is 19.1. The van der Waals surface area contributed by atoms with Crippen molar-refractivity contribution in [2.45, 2.75) is 51.6 Å². The normalized spacial score (nSPS) is 23.8. The average molecular weight is 293 g/mol. The number of rotatable bonds is 4. The first-order valence-corrected chi connectivity index (χ1v) is 7.62. The Hall–Kier alpha value is -1.62. The van der Waals surface area contributed by atoms with E-state index in [1.807, 2.05) is 0 Å². The van der Waals surface area contributed by atoms with E-state index in [9.17, 15) is 4.39 Å². The molecule has 116 valence electrons. The summed E-state index contributed by atoms with van der Waals surface area (Å²) >= 11 is 0. The lowest BCUT2D eigenvalue weighted by Gasteiger charge is -2.23. The number of halogens is 1. The van der Waals surface area contributed by atoms with Gasteiger partial charge in [-0.1, -0.05) is 43.5 Å². The third-order valence-electron chi connectivity index (χ3n) is 4.38. The van der Waals surface area contributed by atoms with Crippen LogP contribution in [0.5, 0.6) is 0 Å². The highest BCUT2D eigenvalue weighted by molar-refractivity contribution is 5.97. The smallest absolute Gasteiger partial charge is 0.173 e. The van der Waals surface area contributed by atoms with E-state index >= 15 is 0 Å². The van der Waals surface area contributed by atoms with E-state index in [0.717, 1.165) is 6.42 Å². The molecule has 21 heavy (non-hydrogen) atoms. The number of amidine groups is 1. The third kappa shape index (κ3) is 3.94. The van der Waals surface area contributed by atoms with Crippen molar-refractivity contribution in [3.63, 3.8) is 0 Å². The molecule has 0 heterocycles. The molecule has 1 aromatic rings. The molecule has 0 spiro atoms. The van der Waals surface area contributed by atoms with Gasteiger partial charge in [-0.2, -0.15) is 0 Å². The fourth-order valence-corrected chi connectivity index (χ4v) is 3.01. The van der Waals surface area contributed by atoms with Crippen molar-refractivity contribution in [3.8, 4) is 0 Å². The molecule has 2 atom stereocenters. The number of nitrogens with two attached hydrogens (primary N) is 1. The molecule has 0 aliphatic heterocycles. The molecule has 4 N–H and O–H groups in total. The largest absolute Gasteiger partial charge is 0.409 e. The zero-order valence-corrected chi connectivity index (χ0v) is 12.5. The monoisotopic (exact) mass is 293 g/mol. The summed E-state index contributed by atoms with van der Waals surface area (Å²) in [5, 5.41) is 15.0. The van der Waals surface area contributed by atoms with Gasteiger partial charge in [-0.05, 0) is 24.8 Å². The number of nitrogens with one attached hydrogen (secondary N) is 1. The quantitative estimate of drug-likeness (QED) is 0.263. The molecule has 5 heteroatoms. The Bertz CT molecular complexity index is 504. The van der Waals surface area contributed by atoms with Crippen LogP contribution in [0.2, 0.25) is 0 Å². The van der Waals surface area contributed by atoms with Gasteiger partial charge >= 0.3 is 0 Å². The molecule has 1 fully saturated rings. The number of hydrogen-bond donors (Lipinski definition) is 3. The second-order valence-electron chi connectivity index (χ2n) is 5.87. The molecular weight excluding hydrogens is 269 g/mol. The van der Waals surface area contributed by atoms with Crippen molar-refractivity contribution in [1.29, 1.82) is 0 Å². The van der Waals surface area contributed by atoms with Crippen LogP contribution in [0.25, 0.3) is 0 Å². The Morgan fingerprint density at radius 2 is 2.14 bits per heavy atom. The molecule has 4 nitrogen and oxygen atoms in total. The maximum Gasteiger partial charge on any atom is 0.173 e. The minimum atomic E-state index is -0.415. The van der Waals surface area contributed by atoms with Gasteiger partial charge in [0.2, 0.25) is 0 Å². The number of benzene rings is 1. The van der Waals surface area contributed by atoms with Crippen molar-refractivity contribution >= 4 is 5.84 Å². The summed E-state index contributed by atoms with van der Waals surface area (Å²) in [7, 11) is 0. The van der Waals surface area contributed by atoms with E-state index in [2.05, 4.69) is 17.4 Å². The number of oxime groups is 1. The molecule has 1 aromatic carbocycles. The molecule has 0 radical (unpaired) electrons. The van der Waals surface area contributed by atoms with Crippen LogP contribution in [0, 0.1) is 11.7 Å². The lowest BCUT2D eigenvalue weighted by atomic mass is 9.96. The van der Waals surface area contributed by atoms with Gasteiger partial charge in [-0.15, -0.1) is 0 Å². The lowest BCUT2D eigenvalue weighted by molar-refractivity contribution is 0.318. The second-order valence-corrected chi connectivity index (χ2v) is 5.87. The first-order chi connectivity index (χ1) is 10.1. The van der Waals surface area contributed by atoms with E-state index in [0.29, 0.717) is 24.1 Å². The summed E-state index contributed by atoms with van der Waals surface area (Å²) in [6, 6.07) is 5.41. The van der Waals surface area contributed by atoms with E-state index in [1.54, 1.807) is 12.1 Å². The van der Waals surface area contributed by atoms with Crippen molar-refractivity contribution < 1.29 is 9.60 Å². The molecular formula is C16H24FN3O. The van der Waals surface area contributed by atoms with Crippen LogP contribution in [-0.4, -0.2) is 17.1 Å². The summed E-state index contributed by atoms with van der Waals surface area (Å²) < 4.78 is 14.3. The Morgan fingerprint density at radius 1 is 1.38 bits per heavy atom. The predicted octanol–water partition coefficient (Wildman–Crippen LogP) is 2.98. The van der Waals surface area contributed by atoms with Crippen molar-refractivity contribution in [1.82, 2.24) is 5.32 Å². The Balaban J connectivity index is 2.06. The first-order valence-electron chi connectivity index (χ1n) is 7.62. The van der Waals surface area contributed by atoms with Crippen molar-refractivity contribution in [3.05, 3.63) is 35.1 Å². The van der Waals surface area contributed by atoms with Gasteiger partial charge in [-0.3, -0.25) is 0 Å². The Morgan fingerprint density at radius 3 is 2.90 bits per heavy atom. The van der Waals surface area contributed by atoms with Gasteiger partial charge in [0, 0.05) is 18.2 Å².